The Balaban J connectivity index is 1.69. The number of benzene rings is 2. The number of nitrogens with one attached hydrogen (secondary N) is 2. The third kappa shape index (κ3) is 5.63. The Labute approximate surface area is 194 Å². The highest BCUT2D eigenvalue weighted by Gasteiger charge is 2.17. The summed E-state index contributed by atoms with van der Waals surface area (Å²) in [5.74, 6) is -0.0679. The van der Waals surface area contributed by atoms with E-state index in [4.69, 9.17) is 15.2 Å². The minimum Gasteiger partial charge on any atom is -0.493 e. The first-order valence-electron chi connectivity index (χ1n) is 9.71. The molecule has 0 unspecified atom stereocenters. The lowest BCUT2D eigenvalue weighted by Crippen LogP contribution is -2.28. The Kier molecular flexibility index (Phi) is 7.57. The van der Waals surface area contributed by atoms with Crippen molar-refractivity contribution in [3.8, 4) is 11.5 Å². The van der Waals surface area contributed by atoms with Crippen molar-refractivity contribution in [3.05, 3.63) is 64.4 Å². The molecule has 0 spiro atoms. The molecule has 3 aromatic rings. The maximum Gasteiger partial charge on any atom is 0.277 e. The van der Waals surface area contributed by atoms with Crippen molar-refractivity contribution >= 4 is 40.8 Å². The fourth-order valence-corrected chi connectivity index (χ4v) is 3.63. The summed E-state index contributed by atoms with van der Waals surface area (Å²) in [5, 5.41) is 2.63. The Morgan fingerprint density at radius 2 is 1.82 bits per heavy atom. The standard InChI is InChI=1S/C22H23N5O5S/c1-27(14-7-5-4-6-8-14)17(28)12-33-22-25-19(23)18(21(30)26-22)24-20(29)13-9-10-15(31-2)16(11-13)32-3/h4-11H,12H2,1-3H3,(H,24,29)(H3,23,25,26,30). The van der Waals surface area contributed by atoms with Crippen LogP contribution < -0.4 is 31.0 Å². The van der Waals surface area contributed by atoms with Gasteiger partial charge in [-0.15, -0.1) is 0 Å². The number of rotatable bonds is 8. The number of aromatic nitrogens is 2. The minimum atomic E-state index is -0.636. The number of hydrogen-bond acceptors (Lipinski definition) is 8. The van der Waals surface area contributed by atoms with E-state index >= 15 is 0 Å². The van der Waals surface area contributed by atoms with Gasteiger partial charge in [0.1, 0.15) is 5.69 Å². The fraction of sp³-hybridized carbons (Fsp3) is 0.182. The van der Waals surface area contributed by atoms with E-state index in [1.165, 1.54) is 31.3 Å². The van der Waals surface area contributed by atoms with Gasteiger partial charge in [0.05, 0.1) is 20.0 Å². The molecular weight excluding hydrogens is 446 g/mol. The van der Waals surface area contributed by atoms with E-state index in [1.54, 1.807) is 13.1 Å². The Morgan fingerprint density at radius 3 is 2.45 bits per heavy atom. The van der Waals surface area contributed by atoms with Crippen LogP contribution in [-0.4, -0.2) is 48.8 Å². The molecule has 0 radical (unpaired) electrons. The smallest absolute Gasteiger partial charge is 0.277 e. The van der Waals surface area contributed by atoms with E-state index in [2.05, 4.69) is 15.3 Å². The van der Waals surface area contributed by atoms with Gasteiger partial charge in [-0.1, -0.05) is 30.0 Å². The second-order valence-electron chi connectivity index (χ2n) is 6.73. The first-order chi connectivity index (χ1) is 15.8. The number of ether oxygens (including phenoxy) is 2. The number of thioether (sulfide) groups is 1. The quantitative estimate of drug-likeness (QED) is 0.337. The van der Waals surface area contributed by atoms with Crippen LogP contribution in [0.4, 0.5) is 17.2 Å². The number of carbonyl (C=O) groups excluding carboxylic acids is 2. The number of amides is 2. The van der Waals surface area contributed by atoms with E-state index in [0.29, 0.717) is 11.5 Å². The largest absolute Gasteiger partial charge is 0.493 e. The lowest BCUT2D eigenvalue weighted by atomic mass is 10.2. The topological polar surface area (TPSA) is 140 Å². The summed E-state index contributed by atoms with van der Waals surface area (Å²) in [6.07, 6.45) is 0. The van der Waals surface area contributed by atoms with Crippen LogP contribution >= 0.6 is 11.8 Å². The van der Waals surface area contributed by atoms with Gasteiger partial charge in [-0.05, 0) is 30.3 Å². The summed E-state index contributed by atoms with van der Waals surface area (Å²) in [6, 6.07) is 13.7. The van der Waals surface area contributed by atoms with Crippen LogP contribution in [0.3, 0.4) is 0 Å². The van der Waals surface area contributed by atoms with Gasteiger partial charge in [0.2, 0.25) is 5.91 Å². The van der Waals surface area contributed by atoms with Crippen molar-refractivity contribution in [1.82, 2.24) is 9.97 Å². The fourth-order valence-electron chi connectivity index (χ4n) is 2.84. The molecule has 2 amide bonds. The van der Waals surface area contributed by atoms with Crippen molar-refractivity contribution in [2.24, 2.45) is 0 Å². The van der Waals surface area contributed by atoms with Crippen molar-refractivity contribution in [2.45, 2.75) is 5.16 Å². The maximum absolute atomic E-state index is 12.6. The Hall–Kier alpha value is -3.99. The van der Waals surface area contributed by atoms with E-state index in [1.807, 2.05) is 30.3 Å². The van der Waals surface area contributed by atoms with Gasteiger partial charge in [0.15, 0.2) is 22.5 Å². The van der Waals surface area contributed by atoms with Gasteiger partial charge in [-0.3, -0.25) is 19.4 Å². The lowest BCUT2D eigenvalue weighted by Gasteiger charge is -2.16. The van der Waals surface area contributed by atoms with Gasteiger partial charge in [0, 0.05) is 18.3 Å². The van der Waals surface area contributed by atoms with Gasteiger partial charge >= 0.3 is 0 Å². The third-order valence-corrected chi connectivity index (χ3v) is 5.52. The second-order valence-corrected chi connectivity index (χ2v) is 7.70. The molecule has 1 heterocycles. The monoisotopic (exact) mass is 469 g/mol. The molecule has 2 aromatic carbocycles. The average Bonchev–Trinajstić information content (AvgIpc) is 2.84. The maximum atomic E-state index is 12.6. The molecule has 10 nitrogen and oxygen atoms in total. The predicted octanol–water partition coefficient (Wildman–Crippen LogP) is 2.38. The molecule has 0 atom stereocenters. The number of para-hydroxylation sites is 1. The molecule has 0 aliphatic rings. The number of nitrogen functional groups attached to an aromatic ring is 1. The molecule has 0 fully saturated rings. The molecule has 4 N–H and O–H groups in total. The number of aromatic amines is 1. The Morgan fingerprint density at radius 1 is 1.12 bits per heavy atom. The summed E-state index contributed by atoms with van der Waals surface area (Å²) in [4.78, 5) is 45.7. The van der Waals surface area contributed by atoms with Crippen LogP contribution in [0, 0.1) is 0 Å². The SMILES string of the molecule is COc1ccc(C(=O)Nc2c(N)nc(SCC(=O)N(C)c3ccccc3)[nH]c2=O)cc1OC. The number of H-pyrrole nitrogens is 1. The number of methoxy groups -OCH3 is 2. The van der Waals surface area contributed by atoms with E-state index in [-0.39, 0.29) is 33.9 Å². The molecule has 3 rings (SSSR count). The molecule has 0 aliphatic carbocycles. The number of nitrogens with zero attached hydrogens (tertiary/aromatic N) is 2. The lowest BCUT2D eigenvalue weighted by molar-refractivity contribution is -0.115. The van der Waals surface area contributed by atoms with Crippen LogP contribution in [0.2, 0.25) is 0 Å². The van der Waals surface area contributed by atoms with Crippen LogP contribution in [0.5, 0.6) is 11.5 Å². The Bertz CT molecular complexity index is 1220. The number of anilines is 3. The van der Waals surface area contributed by atoms with Crippen LogP contribution in [0.25, 0.3) is 0 Å². The number of carbonyl (C=O) groups is 2. The van der Waals surface area contributed by atoms with Crippen LogP contribution in [0.1, 0.15) is 10.4 Å². The van der Waals surface area contributed by atoms with Gasteiger partial charge in [-0.25, -0.2) is 4.98 Å². The van der Waals surface area contributed by atoms with Crippen LogP contribution in [-0.2, 0) is 4.79 Å². The van der Waals surface area contributed by atoms with Crippen molar-refractivity contribution in [2.75, 3.05) is 43.0 Å². The molecule has 11 heteroatoms. The summed E-state index contributed by atoms with van der Waals surface area (Å²) in [6.45, 7) is 0. The summed E-state index contributed by atoms with van der Waals surface area (Å²) >= 11 is 1.03. The molecule has 33 heavy (non-hydrogen) atoms. The van der Waals surface area contributed by atoms with Crippen LogP contribution in [0.15, 0.2) is 58.5 Å². The zero-order valence-corrected chi connectivity index (χ0v) is 19.1. The van der Waals surface area contributed by atoms with Crippen molar-refractivity contribution in [1.29, 1.82) is 0 Å². The average molecular weight is 470 g/mol. The highest BCUT2D eigenvalue weighted by atomic mass is 32.2. The van der Waals surface area contributed by atoms with E-state index in [0.717, 1.165) is 17.4 Å². The molecule has 172 valence electrons. The third-order valence-electron chi connectivity index (χ3n) is 4.66. The molecule has 1 aromatic heterocycles. The van der Waals surface area contributed by atoms with E-state index < -0.39 is 11.5 Å². The normalized spacial score (nSPS) is 10.4. The van der Waals surface area contributed by atoms with Crippen molar-refractivity contribution in [3.63, 3.8) is 0 Å². The zero-order chi connectivity index (χ0) is 24.0. The number of nitrogens with two attached hydrogens (primary N) is 1. The zero-order valence-electron chi connectivity index (χ0n) is 18.2. The second kappa shape index (κ2) is 10.6. The number of hydrogen-bond donors (Lipinski definition) is 3. The molecule has 0 aliphatic heterocycles. The summed E-state index contributed by atoms with van der Waals surface area (Å²) in [7, 11) is 4.59. The summed E-state index contributed by atoms with van der Waals surface area (Å²) in [5.41, 5.74) is 6.07. The first kappa shape index (κ1) is 23.7. The minimum absolute atomic E-state index is 0.0329. The summed E-state index contributed by atoms with van der Waals surface area (Å²) < 4.78 is 10.3. The highest BCUT2D eigenvalue weighted by Crippen LogP contribution is 2.28. The van der Waals surface area contributed by atoms with E-state index in [9.17, 15) is 14.4 Å². The predicted molar refractivity (Wildman–Crippen MR) is 127 cm³/mol. The molecular formula is C22H23N5O5S. The van der Waals surface area contributed by atoms with Crippen molar-refractivity contribution < 1.29 is 19.1 Å². The highest BCUT2D eigenvalue weighted by molar-refractivity contribution is 7.99. The molecule has 0 saturated heterocycles. The first-order valence-corrected chi connectivity index (χ1v) is 10.7. The van der Waals surface area contributed by atoms with Gasteiger partial charge in [-0.2, -0.15) is 0 Å². The van der Waals surface area contributed by atoms with Gasteiger partial charge in [0.25, 0.3) is 11.5 Å². The van der Waals surface area contributed by atoms with Gasteiger partial charge < -0.3 is 25.4 Å². The molecule has 0 saturated carbocycles. The molecule has 0 bridgehead atoms.